The molecule has 0 saturated carbocycles. The number of benzene rings is 1. The molecular formula is C18H15ClN2O3S3. The van der Waals surface area contributed by atoms with E-state index in [1.165, 1.54) is 17.4 Å². The summed E-state index contributed by atoms with van der Waals surface area (Å²) in [5, 5.41) is 1.88. The molecule has 1 amide bonds. The van der Waals surface area contributed by atoms with Gasteiger partial charge in [0.2, 0.25) is 0 Å². The first-order valence-electron chi connectivity index (χ1n) is 8.15. The van der Waals surface area contributed by atoms with E-state index in [4.69, 9.17) is 11.6 Å². The Morgan fingerprint density at radius 2 is 2.00 bits per heavy atom. The molecule has 4 rings (SSSR count). The molecule has 0 atom stereocenters. The summed E-state index contributed by atoms with van der Waals surface area (Å²) in [6.07, 6.45) is 0.750. The highest BCUT2D eigenvalue weighted by molar-refractivity contribution is 7.94. The van der Waals surface area contributed by atoms with Crippen molar-refractivity contribution in [3.05, 3.63) is 68.2 Å². The van der Waals surface area contributed by atoms with Gasteiger partial charge in [-0.25, -0.2) is 8.42 Å². The van der Waals surface area contributed by atoms with Gasteiger partial charge in [0.1, 0.15) is 4.21 Å². The smallest absolute Gasteiger partial charge is 0.271 e. The Balaban J connectivity index is 1.55. The molecule has 5 nitrogen and oxygen atoms in total. The number of nitrogens with one attached hydrogen (secondary N) is 1. The Hall–Kier alpha value is -1.87. The number of sulfonamides is 1. The van der Waals surface area contributed by atoms with Crippen LogP contribution in [-0.2, 0) is 23.0 Å². The van der Waals surface area contributed by atoms with Crippen molar-refractivity contribution in [2.45, 2.75) is 17.2 Å². The van der Waals surface area contributed by atoms with Gasteiger partial charge in [0, 0.05) is 18.8 Å². The number of anilines is 1. The topological polar surface area (TPSA) is 66.5 Å². The third-order valence-electron chi connectivity index (χ3n) is 4.30. The molecule has 0 saturated heterocycles. The van der Waals surface area contributed by atoms with Gasteiger partial charge in [0.25, 0.3) is 15.9 Å². The highest BCUT2D eigenvalue weighted by Crippen LogP contribution is 2.29. The fourth-order valence-electron chi connectivity index (χ4n) is 3.00. The fraction of sp³-hybridized carbons (Fsp3) is 0.167. The van der Waals surface area contributed by atoms with E-state index in [9.17, 15) is 13.2 Å². The highest BCUT2D eigenvalue weighted by atomic mass is 35.5. The second-order valence-electron chi connectivity index (χ2n) is 6.10. The quantitative estimate of drug-likeness (QED) is 0.653. The number of carbonyl (C=O) groups is 1. The molecule has 1 aromatic carbocycles. The number of halogens is 1. The normalized spacial score (nSPS) is 14.0. The highest BCUT2D eigenvalue weighted by Gasteiger charge is 2.23. The van der Waals surface area contributed by atoms with Gasteiger partial charge in [0.15, 0.2) is 0 Å². The molecule has 0 spiro atoms. The molecule has 1 N–H and O–H groups in total. The number of thiophene rings is 2. The Labute approximate surface area is 170 Å². The van der Waals surface area contributed by atoms with Crippen LogP contribution in [0.25, 0.3) is 0 Å². The molecule has 1 aliphatic heterocycles. The van der Waals surface area contributed by atoms with Crippen molar-refractivity contribution in [2.24, 2.45) is 0 Å². The van der Waals surface area contributed by atoms with E-state index in [0.717, 1.165) is 28.9 Å². The molecule has 9 heteroatoms. The minimum atomic E-state index is -3.68. The summed E-state index contributed by atoms with van der Waals surface area (Å²) in [5.74, 6) is 0.00913. The van der Waals surface area contributed by atoms with Gasteiger partial charge in [-0.05, 0) is 53.3 Å². The van der Waals surface area contributed by atoms with Crippen LogP contribution in [0.15, 0.2) is 52.1 Å². The van der Waals surface area contributed by atoms with Gasteiger partial charge in [-0.1, -0.05) is 23.7 Å². The molecule has 2 aromatic heterocycles. The molecule has 140 valence electrons. The molecule has 0 radical (unpaired) electrons. The van der Waals surface area contributed by atoms with Crippen LogP contribution in [0, 0.1) is 0 Å². The van der Waals surface area contributed by atoms with Gasteiger partial charge in [-0.2, -0.15) is 0 Å². The van der Waals surface area contributed by atoms with Crippen molar-refractivity contribution in [2.75, 3.05) is 11.3 Å². The first-order valence-corrected chi connectivity index (χ1v) is 11.7. The van der Waals surface area contributed by atoms with Crippen LogP contribution in [0.5, 0.6) is 0 Å². The largest absolute Gasteiger partial charge is 0.333 e. The van der Waals surface area contributed by atoms with E-state index in [-0.39, 0.29) is 10.1 Å². The summed E-state index contributed by atoms with van der Waals surface area (Å²) >= 11 is 8.27. The van der Waals surface area contributed by atoms with Crippen LogP contribution in [0.3, 0.4) is 0 Å². The summed E-state index contributed by atoms with van der Waals surface area (Å²) < 4.78 is 28.2. The summed E-state index contributed by atoms with van der Waals surface area (Å²) in [4.78, 5) is 15.1. The number of nitrogens with zero attached hydrogens (tertiary/aromatic N) is 1. The van der Waals surface area contributed by atoms with E-state index < -0.39 is 10.0 Å². The van der Waals surface area contributed by atoms with Crippen molar-refractivity contribution >= 4 is 55.9 Å². The maximum Gasteiger partial charge on any atom is 0.271 e. The van der Waals surface area contributed by atoms with Crippen LogP contribution in [0.1, 0.15) is 20.8 Å². The molecular weight excluding hydrogens is 424 g/mol. The summed E-state index contributed by atoms with van der Waals surface area (Å²) in [6, 6.07) is 12.2. The lowest BCUT2D eigenvalue weighted by Gasteiger charge is -2.29. The van der Waals surface area contributed by atoms with E-state index in [1.54, 1.807) is 23.1 Å². The predicted octanol–water partition coefficient (Wildman–Crippen LogP) is 4.46. The first-order chi connectivity index (χ1) is 12.9. The van der Waals surface area contributed by atoms with Gasteiger partial charge in [0.05, 0.1) is 9.21 Å². The molecule has 1 aliphatic rings. The number of rotatable bonds is 4. The summed E-state index contributed by atoms with van der Waals surface area (Å²) in [5.41, 5.74) is 2.56. The SMILES string of the molecule is O=C(c1cccs1)N1CCc2ccc(NS(=O)(=O)c3ccc(Cl)s3)cc2C1. The standard InChI is InChI=1S/C18H15ClN2O3S3/c19-16-5-6-17(26-16)27(23,24)20-14-4-3-12-7-8-21(11-13(12)10-14)18(22)15-2-1-9-25-15/h1-6,9-10,20H,7-8,11H2. The van der Waals surface area contributed by atoms with Gasteiger partial charge >= 0.3 is 0 Å². The maximum atomic E-state index is 12.6. The number of fused-ring (bicyclic) bond motifs is 1. The second-order valence-corrected chi connectivity index (χ2v) is 10.7. The van der Waals surface area contributed by atoms with Crippen LogP contribution in [-0.4, -0.2) is 25.8 Å². The van der Waals surface area contributed by atoms with E-state index in [2.05, 4.69) is 4.72 Å². The zero-order valence-corrected chi connectivity index (χ0v) is 17.2. The lowest BCUT2D eigenvalue weighted by Crippen LogP contribution is -2.35. The molecule has 27 heavy (non-hydrogen) atoms. The predicted molar refractivity (Wildman–Crippen MR) is 109 cm³/mol. The van der Waals surface area contributed by atoms with Crippen molar-refractivity contribution < 1.29 is 13.2 Å². The third kappa shape index (κ3) is 3.89. The Morgan fingerprint density at radius 1 is 1.15 bits per heavy atom. The van der Waals surface area contributed by atoms with Crippen molar-refractivity contribution in [3.8, 4) is 0 Å². The number of hydrogen-bond donors (Lipinski definition) is 1. The number of hydrogen-bond acceptors (Lipinski definition) is 5. The molecule has 0 unspecified atom stereocenters. The van der Waals surface area contributed by atoms with E-state index >= 15 is 0 Å². The van der Waals surface area contributed by atoms with Gasteiger partial charge < -0.3 is 4.90 Å². The third-order valence-corrected chi connectivity index (χ3v) is 8.27. The maximum absolute atomic E-state index is 12.6. The van der Waals surface area contributed by atoms with Crippen molar-refractivity contribution in [1.82, 2.24) is 4.90 Å². The van der Waals surface area contributed by atoms with Gasteiger partial charge in [-0.3, -0.25) is 9.52 Å². The Bertz CT molecular complexity index is 1090. The van der Waals surface area contributed by atoms with E-state index in [1.807, 2.05) is 23.6 Å². The average Bonchev–Trinajstić information content (AvgIpc) is 3.32. The van der Waals surface area contributed by atoms with Crippen LogP contribution < -0.4 is 4.72 Å². The fourth-order valence-corrected chi connectivity index (χ4v) is 6.22. The Morgan fingerprint density at radius 3 is 2.70 bits per heavy atom. The first kappa shape index (κ1) is 18.5. The van der Waals surface area contributed by atoms with Crippen LogP contribution in [0.2, 0.25) is 4.34 Å². The molecule has 3 heterocycles. The molecule has 0 bridgehead atoms. The van der Waals surface area contributed by atoms with E-state index in [0.29, 0.717) is 28.0 Å². The average molecular weight is 439 g/mol. The number of amides is 1. The zero-order valence-electron chi connectivity index (χ0n) is 14.0. The molecule has 0 aliphatic carbocycles. The minimum Gasteiger partial charge on any atom is -0.333 e. The van der Waals surface area contributed by atoms with Crippen molar-refractivity contribution in [3.63, 3.8) is 0 Å². The summed E-state index contributed by atoms with van der Waals surface area (Å²) in [6.45, 7) is 1.12. The Kier molecular flexibility index (Phi) is 4.98. The zero-order chi connectivity index (χ0) is 19.0. The summed E-state index contributed by atoms with van der Waals surface area (Å²) in [7, 11) is -3.68. The number of carbonyl (C=O) groups excluding carboxylic acids is 1. The van der Waals surface area contributed by atoms with Crippen LogP contribution >= 0.6 is 34.3 Å². The molecule has 0 fully saturated rings. The monoisotopic (exact) mass is 438 g/mol. The van der Waals surface area contributed by atoms with Gasteiger partial charge in [-0.15, -0.1) is 22.7 Å². The van der Waals surface area contributed by atoms with Crippen molar-refractivity contribution in [1.29, 1.82) is 0 Å². The minimum absolute atomic E-state index is 0.00913. The second kappa shape index (κ2) is 7.27. The van der Waals surface area contributed by atoms with Crippen LogP contribution in [0.4, 0.5) is 5.69 Å². The lowest BCUT2D eigenvalue weighted by atomic mass is 9.99. The lowest BCUT2D eigenvalue weighted by molar-refractivity contribution is 0.0739. The molecule has 3 aromatic rings.